The van der Waals surface area contributed by atoms with Crippen molar-refractivity contribution in [1.29, 1.82) is 0 Å². The largest absolute Gasteiger partial charge is 0.293 e. The van der Waals surface area contributed by atoms with Crippen molar-refractivity contribution in [3.63, 3.8) is 0 Å². The lowest BCUT2D eigenvalue weighted by atomic mass is 10.00. The fourth-order valence-electron chi connectivity index (χ4n) is 2.33. The maximum Gasteiger partial charge on any atom is 0.115 e. The summed E-state index contributed by atoms with van der Waals surface area (Å²) in [5.41, 5.74) is 4.04. The third-order valence-electron chi connectivity index (χ3n) is 3.24. The second kappa shape index (κ2) is 4.63. The molecule has 0 atom stereocenters. The number of hydrogen-bond acceptors (Lipinski definition) is 3. The Morgan fingerprint density at radius 2 is 2.00 bits per heavy atom. The summed E-state index contributed by atoms with van der Waals surface area (Å²) in [6, 6.07) is 10.7. The van der Waals surface area contributed by atoms with Gasteiger partial charge in [-0.15, -0.1) is 0 Å². The van der Waals surface area contributed by atoms with E-state index in [9.17, 15) is 0 Å². The first kappa shape index (κ1) is 10.4. The molecule has 0 N–H and O–H groups in total. The average molecular weight is 225 g/mol. The van der Waals surface area contributed by atoms with Crippen molar-refractivity contribution in [2.75, 3.05) is 6.54 Å². The summed E-state index contributed by atoms with van der Waals surface area (Å²) in [7, 11) is 0. The molecule has 1 aliphatic heterocycles. The molecule has 3 rings (SSSR count). The lowest BCUT2D eigenvalue weighted by Gasteiger charge is -2.28. The zero-order valence-electron chi connectivity index (χ0n) is 9.71. The van der Waals surface area contributed by atoms with Crippen LogP contribution in [0.5, 0.6) is 0 Å². The average Bonchev–Trinajstić information content (AvgIpc) is 2.40. The van der Waals surface area contributed by atoms with Crippen LogP contribution in [-0.4, -0.2) is 21.4 Å². The van der Waals surface area contributed by atoms with E-state index in [1.807, 2.05) is 6.07 Å². The molecule has 1 aromatic heterocycles. The van der Waals surface area contributed by atoms with E-state index in [2.05, 4.69) is 39.1 Å². The van der Waals surface area contributed by atoms with Gasteiger partial charge >= 0.3 is 0 Å². The van der Waals surface area contributed by atoms with Crippen molar-refractivity contribution in [3.05, 3.63) is 59.7 Å². The summed E-state index contributed by atoms with van der Waals surface area (Å²) in [4.78, 5) is 10.7. The molecule has 0 fully saturated rings. The number of rotatable bonds is 2. The maximum absolute atomic E-state index is 4.28. The Kier molecular flexibility index (Phi) is 2.84. The minimum absolute atomic E-state index is 0.914. The summed E-state index contributed by atoms with van der Waals surface area (Å²) in [6.07, 6.45) is 4.56. The molecule has 86 valence electrons. The van der Waals surface area contributed by atoms with Crippen molar-refractivity contribution in [2.24, 2.45) is 0 Å². The maximum atomic E-state index is 4.28. The number of hydrogen-bond donors (Lipinski definition) is 0. The first-order valence-electron chi connectivity index (χ1n) is 5.96. The third kappa shape index (κ3) is 2.34. The van der Waals surface area contributed by atoms with Gasteiger partial charge in [0, 0.05) is 25.8 Å². The molecule has 3 nitrogen and oxygen atoms in total. The monoisotopic (exact) mass is 225 g/mol. The van der Waals surface area contributed by atoms with Crippen LogP contribution in [0.2, 0.25) is 0 Å². The fourth-order valence-corrected chi connectivity index (χ4v) is 2.33. The Hall–Kier alpha value is -1.74. The Balaban J connectivity index is 1.72. The van der Waals surface area contributed by atoms with Gasteiger partial charge in [-0.2, -0.15) is 0 Å². The van der Waals surface area contributed by atoms with E-state index in [-0.39, 0.29) is 0 Å². The topological polar surface area (TPSA) is 29.0 Å². The van der Waals surface area contributed by atoms with Gasteiger partial charge in [0.1, 0.15) is 6.33 Å². The van der Waals surface area contributed by atoms with Crippen LogP contribution in [0.3, 0.4) is 0 Å². The number of nitrogens with zero attached hydrogens (tertiary/aromatic N) is 3. The van der Waals surface area contributed by atoms with Crippen LogP contribution in [0.25, 0.3) is 0 Å². The molecule has 2 heterocycles. The summed E-state index contributed by atoms with van der Waals surface area (Å²) < 4.78 is 0. The smallest absolute Gasteiger partial charge is 0.115 e. The molecule has 0 radical (unpaired) electrons. The van der Waals surface area contributed by atoms with Crippen molar-refractivity contribution in [2.45, 2.75) is 19.5 Å². The lowest BCUT2D eigenvalue weighted by Crippen LogP contribution is -2.30. The van der Waals surface area contributed by atoms with E-state index < -0.39 is 0 Å². The van der Waals surface area contributed by atoms with E-state index >= 15 is 0 Å². The number of fused-ring (bicyclic) bond motifs is 1. The van der Waals surface area contributed by atoms with Crippen molar-refractivity contribution < 1.29 is 0 Å². The zero-order chi connectivity index (χ0) is 11.5. The fraction of sp³-hybridized carbons (Fsp3) is 0.286. The first-order chi connectivity index (χ1) is 8.42. The van der Waals surface area contributed by atoms with E-state index in [4.69, 9.17) is 0 Å². The van der Waals surface area contributed by atoms with E-state index in [0.29, 0.717) is 0 Å². The Bertz CT molecular complexity index is 496. The first-order valence-corrected chi connectivity index (χ1v) is 5.96. The minimum Gasteiger partial charge on any atom is -0.293 e. The van der Waals surface area contributed by atoms with Crippen molar-refractivity contribution in [1.82, 2.24) is 14.9 Å². The molecule has 1 aliphatic rings. The van der Waals surface area contributed by atoms with E-state index in [1.54, 1.807) is 12.5 Å². The standard InChI is InChI=1S/C14H15N3/c1-2-4-13-9-17(8-6-12(13)3-1)10-14-5-7-15-11-16-14/h1-5,7,11H,6,8-10H2. The molecule has 17 heavy (non-hydrogen) atoms. The van der Waals surface area contributed by atoms with Gasteiger partial charge in [0.2, 0.25) is 0 Å². The molecule has 0 saturated heterocycles. The second-order valence-electron chi connectivity index (χ2n) is 4.43. The number of aromatic nitrogens is 2. The second-order valence-corrected chi connectivity index (χ2v) is 4.43. The van der Waals surface area contributed by atoms with Crippen molar-refractivity contribution >= 4 is 0 Å². The van der Waals surface area contributed by atoms with Crippen LogP contribution < -0.4 is 0 Å². The van der Waals surface area contributed by atoms with Gasteiger partial charge in [0.25, 0.3) is 0 Å². The highest BCUT2D eigenvalue weighted by Crippen LogP contribution is 2.19. The van der Waals surface area contributed by atoms with Gasteiger partial charge in [-0.1, -0.05) is 24.3 Å². The summed E-state index contributed by atoms with van der Waals surface area (Å²) in [5, 5.41) is 0. The molecule has 0 spiro atoms. The van der Waals surface area contributed by atoms with Crippen LogP contribution in [0.15, 0.2) is 42.9 Å². The predicted octanol–water partition coefficient (Wildman–Crippen LogP) is 2.03. The highest BCUT2D eigenvalue weighted by atomic mass is 15.1. The SMILES string of the molecule is c1ccc2c(c1)CCN(Cc1ccncn1)C2. The summed E-state index contributed by atoms with van der Waals surface area (Å²) >= 11 is 0. The zero-order valence-corrected chi connectivity index (χ0v) is 9.71. The third-order valence-corrected chi connectivity index (χ3v) is 3.24. The summed E-state index contributed by atoms with van der Waals surface area (Å²) in [6.45, 7) is 3.05. The molecule has 0 saturated carbocycles. The van der Waals surface area contributed by atoms with Gasteiger partial charge < -0.3 is 0 Å². The molecule has 1 aromatic carbocycles. The molecule has 0 unspecified atom stereocenters. The van der Waals surface area contributed by atoms with Crippen LogP contribution in [-0.2, 0) is 19.5 Å². The molecule has 0 amide bonds. The molecule has 3 heteroatoms. The Labute approximate surface area is 101 Å². The number of benzene rings is 1. The Morgan fingerprint density at radius 1 is 1.12 bits per heavy atom. The Morgan fingerprint density at radius 3 is 2.82 bits per heavy atom. The van der Waals surface area contributed by atoms with Crippen LogP contribution >= 0.6 is 0 Å². The minimum atomic E-state index is 0.914. The van der Waals surface area contributed by atoms with Gasteiger partial charge in [0.05, 0.1) is 5.69 Å². The van der Waals surface area contributed by atoms with Crippen LogP contribution in [0.4, 0.5) is 0 Å². The predicted molar refractivity (Wildman–Crippen MR) is 66.3 cm³/mol. The highest BCUT2D eigenvalue weighted by Gasteiger charge is 2.15. The highest BCUT2D eigenvalue weighted by molar-refractivity contribution is 5.29. The van der Waals surface area contributed by atoms with Gasteiger partial charge in [-0.25, -0.2) is 9.97 Å². The molecular formula is C14H15N3. The van der Waals surface area contributed by atoms with E-state index in [0.717, 1.165) is 31.7 Å². The van der Waals surface area contributed by atoms with Gasteiger partial charge in [0.15, 0.2) is 0 Å². The normalized spacial score (nSPS) is 15.5. The van der Waals surface area contributed by atoms with Crippen LogP contribution in [0, 0.1) is 0 Å². The summed E-state index contributed by atoms with van der Waals surface area (Å²) in [5.74, 6) is 0. The quantitative estimate of drug-likeness (QED) is 0.783. The van der Waals surface area contributed by atoms with Gasteiger partial charge in [-0.3, -0.25) is 4.90 Å². The van der Waals surface area contributed by atoms with Crippen LogP contribution in [0.1, 0.15) is 16.8 Å². The van der Waals surface area contributed by atoms with E-state index in [1.165, 1.54) is 11.1 Å². The molecule has 2 aromatic rings. The van der Waals surface area contributed by atoms with Crippen molar-refractivity contribution in [3.8, 4) is 0 Å². The molecule has 0 aliphatic carbocycles. The molecular weight excluding hydrogens is 210 g/mol. The van der Waals surface area contributed by atoms with Gasteiger partial charge in [-0.05, 0) is 23.6 Å². The molecule has 0 bridgehead atoms. The lowest BCUT2D eigenvalue weighted by molar-refractivity contribution is 0.242.